The molecule has 1 aromatic rings. The zero-order valence-corrected chi connectivity index (χ0v) is 15.5. The molecule has 2 aliphatic rings. The lowest BCUT2D eigenvalue weighted by Gasteiger charge is -2.30. The maximum atomic E-state index is 12.7. The number of urea groups is 1. The SMILES string of the molecule is CCc1nc(NC(=O)CCN2C(=O)NC3(CCCCC3)C2=O)sc1C. The van der Waals surface area contributed by atoms with Crippen LogP contribution >= 0.6 is 11.3 Å². The lowest BCUT2D eigenvalue weighted by Crippen LogP contribution is -2.48. The molecule has 0 radical (unpaired) electrons. The molecule has 0 atom stereocenters. The topological polar surface area (TPSA) is 91.4 Å². The van der Waals surface area contributed by atoms with E-state index in [4.69, 9.17) is 0 Å². The van der Waals surface area contributed by atoms with Crippen molar-refractivity contribution in [2.45, 2.75) is 64.3 Å². The van der Waals surface area contributed by atoms with Crippen LogP contribution in [-0.2, 0) is 16.0 Å². The average molecular weight is 364 g/mol. The minimum atomic E-state index is -0.728. The Morgan fingerprint density at radius 3 is 2.68 bits per heavy atom. The molecule has 1 saturated carbocycles. The van der Waals surface area contributed by atoms with Gasteiger partial charge in [0, 0.05) is 17.8 Å². The van der Waals surface area contributed by atoms with Crippen LogP contribution in [0.15, 0.2) is 0 Å². The quantitative estimate of drug-likeness (QED) is 0.786. The van der Waals surface area contributed by atoms with Crippen molar-refractivity contribution in [3.63, 3.8) is 0 Å². The molecule has 1 aromatic heterocycles. The van der Waals surface area contributed by atoms with Gasteiger partial charge in [0.15, 0.2) is 5.13 Å². The van der Waals surface area contributed by atoms with Gasteiger partial charge >= 0.3 is 6.03 Å². The summed E-state index contributed by atoms with van der Waals surface area (Å²) in [5.41, 5.74) is 0.252. The van der Waals surface area contributed by atoms with E-state index >= 15 is 0 Å². The molecule has 1 aliphatic heterocycles. The number of amides is 4. The fourth-order valence-electron chi connectivity index (χ4n) is 3.58. The number of rotatable bonds is 5. The molecule has 0 aromatic carbocycles. The maximum absolute atomic E-state index is 12.7. The smallest absolute Gasteiger partial charge is 0.323 e. The number of carbonyl (C=O) groups is 3. The standard InChI is InChI=1S/C17H24N4O3S/c1-3-12-11(2)25-15(18-12)19-13(22)7-10-21-14(23)17(20-16(21)24)8-5-4-6-9-17/h3-10H2,1-2H3,(H,20,24)(H,18,19,22). The van der Waals surface area contributed by atoms with Crippen LogP contribution in [0.5, 0.6) is 0 Å². The molecule has 25 heavy (non-hydrogen) atoms. The van der Waals surface area contributed by atoms with Gasteiger partial charge in [0.05, 0.1) is 5.69 Å². The zero-order chi connectivity index (χ0) is 18.0. The van der Waals surface area contributed by atoms with Gasteiger partial charge in [0.25, 0.3) is 5.91 Å². The highest BCUT2D eigenvalue weighted by Crippen LogP contribution is 2.33. The molecule has 1 spiro atoms. The Hall–Kier alpha value is -1.96. The van der Waals surface area contributed by atoms with E-state index < -0.39 is 5.54 Å². The van der Waals surface area contributed by atoms with Crippen molar-refractivity contribution >= 4 is 34.3 Å². The monoisotopic (exact) mass is 364 g/mol. The van der Waals surface area contributed by atoms with Gasteiger partial charge in [-0.3, -0.25) is 14.5 Å². The van der Waals surface area contributed by atoms with E-state index in [-0.39, 0.29) is 30.8 Å². The number of aromatic nitrogens is 1. The zero-order valence-electron chi connectivity index (χ0n) is 14.7. The molecule has 1 aliphatic carbocycles. The first kappa shape index (κ1) is 17.8. The Labute approximate surface area is 151 Å². The summed E-state index contributed by atoms with van der Waals surface area (Å²) in [5, 5.41) is 6.19. The summed E-state index contributed by atoms with van der Waals surface area (Å²) in [4.78, 5) is 43.6. The largest absolute Gasteiger partial charge is 0.325 e. The van der Waals surface area contributed by atoms with E-state index in [9.17, 15) is 14.4 Å². The third kappa shape index (κ3) is 3.53. The van der Waals surface area contributed by atoms with E-state index in [1.807, 2.05) is 13.8 Å². The van der Waals surface area contributed by atoms with Crippen molar-refractivity contribution in [3.05, 3.63) is 10.6 Å². The number of aryl methyl sites for hydroxylation is 2. The molecule has 4 amide bonds. The Balaban J connectivity index is 1.56. The Morgan fingerprint density at radius 2 is 2.04 bits per heavy atom. The second kappa shape index (κ2) is 7.11. The first-order valence-corrected chi connectivity index (χ1v) is 9.67. The number of nitrogens with zero attached hydrogens (tertiary/aromatic N) is 2. The molecule has 3 rings (SSSR count). The van der Waals surface area contributed by atoms with E-state index in [0.29, 0.717) is 18.0 Å². The highest BCUT2D eigenvalue weighted by atomic mass is 32.1. The third-order valence-electron chi connectivity index (χ3n) is 4.99. The fourth-order valence-corrected chi connectivity index (χ4v) is 4.50. The summed E-state index contributed by atoms with van der Waals surface area (Å²) in [6.07, 6.45) is 5.28. The number of thiazole rings is 1. The van der Waals surface area contributed by atoms with E-state index in [1.54, 1.807) is 0 Å². The van der Waals surface area contributed by atoms with Crippen molar-refractivity contribution in [1.29, 1.82) is 0 Å². The number of carbonyl (C=O) groups excluding carboxylic acids is 3. The molecule has 2 fully saturated rings. The predicted molar refractivity (Wildman–Crippen MR) is 95.5 cm³/mol. The van der Waals surface area contributed by atoms with Gasteiger partial charge in [-0.05, 0) is 26.2 Å². The van der Waals surface area contributed by atoms with E-state index in [1.165, 1.54) is 16.2 Å². The summed E-state index contributed by atoms with van der Waals surface area (Å²) in [7, 11) is 0. The van der Waals surface area contributed by atoms with Gasteiger partial charge in [-0.15, -0.1) is 11.3 Å². The molecule has 0 unspecified atom stereocenters. The van der Waals surface area contributed by atoms with Gasteiger partial charge in [0.1, 0.15) is 5.54 Å². The van der Waals surface area contributed by atoms with E-state index in [0.717, 1.165) is 36.3 Å². The van der Waals surface area contributed by atoms with Gasteiger partial charge in [-0.25, -0.2) is 9.78 Å². The predicted octanol–water partition coefficient (Wildman–Crippen LogP) is 2.60. The Kier molecular flexibility index (Phi) is 5.08. The van der Waals surface area contributed by atoms with Crippen LogP contribution in [-0.4, -0.2) is 39.8 Å². The second-order valence-electron chi connectivity index (χ2n) is 6.70. The van der Waals surface area contributed by atoms with Gasteiger partial charge in [0.2, 0.25) is 5.91 Å². The fraction of sp³-hybridized carbons (Fsp3) is 0.647. The molecule has 0 bridgehead atoms. The number of hydrogen-bond donors (Lipinski definition) is 2. The van der Waals surface area contributed by atoms with Crippen LogP contribution < -0.4 is 10.6 Å². The van der Waals surface area contributed by atoms with Crippen molar-refractivity contribution in [2.24, 2.45) is 0 Å². The highest BCUT2D eigenvalue weighted by molar-refractivity contribution is 7.15. The van der Waals surface area contributed by atoms with Gasteiger partial charge < -0.3 is 10.6 Å². The minimum absolute atomic E-state index is 0.0787. The van der Waals surface area contributed by atoms with Gasteiger partial charge in [-0.1, -0.05) is 26.2 Å². The molecule has 7 nitrogen and oxygen atoms in total. The van der Waals surface area contributed by atoms with Crippen LogP contribution in [0, 0.1) is 6.92 Å². The lowest BCUT2D eigenvalue weighted by molar-refractivity contribution is -0.132. The summed E-state index contributed by atoms with van der Waals surface area (Å²) in [5.74, 6) is -0.412. The number of nitrogens with one attached hydrogen (secondary N) is 2. The normalized spacial score (nSPS) is 19.4. The van der Waals surface area contributed by atoms with Crippen molar-refractivity contribution in [3.8, 4) is 0 Å². The minimum Gasteiger partial charge on any atom is -0.323 e. The van der Waals surface area contributed by atoms with Crippen molar-refractivity contribution in [1.82, 2.24) is 15.2 Å². The maximum Gasteiger partial charge on any atom is 0.325 e. The molecule has 2 N–H and O–H groups in total. The molecular weight excluding hydrogens is 340 g/mol. The van der Waals surface area contributed by atoms with Crippen molar-refractivity contribution < 1.29 is 14.4 Å². The highest BCUT2D eigenvalue weighted by Gasteiger charge is 2.51. The molecule has 8 heteroatoms. The molecule has 2 heterocycles. The Bertz CT molecular complexity index is 694. The average Bonchev–Trinajstić information content (AvgIpc) is 3.04. The number of anilines is 1. The van der Waals surface area contributed by atoms with Gasteiger partial charge in [-0.2, -0.15) is 0 Å². The van der Waals surface area contributed by atoms with Crippen LogP contribution in [0.4, 0.5) is 9.93 Å². The number of imide groups is 1. The lowest BCUT2D eigenvalue weighted by atomic mass is 9.82. The summed E-state index contributed by atoms with van der Waals surface area (Å²) < 4.78 is 0. The summed E-state index contributed by atoms with van der Waals surface area (Å²) >= 11 is 1.44. The molecule has 136 valence electrons. The first-order valence-electron chi connectivity index (χ1n) is 8.85. The molecule has 1 saturated heterocycles. The van der Waals surface area contributed by atoms with Crippen LogP contribution in [0.25, 0.3) is 0 Å². The van der Waals surface area contributed by atoms with Crippen molar-refractivity contribution in [2.75, 3.05) is 11.9 Å². The van der Waals surface area contributed by atoms with E-state index in [2.05, 4.69) is 15.6 Å². The second-order valence-corrected chi connectivity index (χ2v) is 7.91. The summed E-state index contributed by atoms with van der Waals surface area (Å²) in [6, 6.07) is -0.377. The summed E-state index contributed by atoms with van der Waals surface area (Å²) in [6.45, 7) is 4.10. The first-order chi connectivity index (χ1) is 11.9. The van der Waals surface area contributed by atoms with Crippen LogP contribution in [0.2, 0.25) is 0 Å². The van der Waals surface area contributed by atoms with Crippen LogP contribution in [0.1, 0.15) is 56.0 Å². The third-order valence-corrected chi connectivity index (χ3v) is 5.92. The van der Waals surface area contributed by atoms with Crippen LogP contribution in [0.3, 0.4) is 0 Å². The number of hydrogen-bond acceptors (Lipinski definition) is 5. The molecular formula is C17H24N4O3S. The Morgan fingerprint density at radius 1 is 1.32 bits per heavy atom.